The third-order valence-electron chi connectivity index (χ3n) is 5.28. The van der Waals surface area contributed by atoms with Crippen molar-refractivity contribution in [1.29, 1.82) is 0 Å². The van der Waals surface area contributed by atoms with E-state index in [1.165, 1.54) is 12.1 Å². The number of benzene rings is 1. The van der Waals surface area contributed by atoms with Gasteiger partial charge in [-0.05, 0) is 78.5 Å². The number of rotatable bonds is 14. The molecule has 0 aliphatic carbocycles. The zero-order valence-corrected chi connectivity index (χ0v) is 25.4. The first-order valence-electron chi connectivity index (χ1n) is 13.8. The summed E-state index contributed by atoms with van der Waals surface area (Å²) in [6.07, 6.45) is -1.45. The molecule has 2 unspecified atom stereocenters. The van der Waals surface area contributed by atoms with Crippen LogP contribution in [0, 0.1) is 0 Å². The van der Waals surface area contributed by atoms with Crippen molar-refractivity contribution in [2.75, 3.05) is 6.61 Å². The number of carbonyl (C=O) groups is 4. The van der Waals surface area contributed by atoms with Gasteiger partial charge in [-0.25, -0.2) is 14.4 Å². The predicted molar refractivity (Wildman–Crippen MR) is 149 cm³/mol. The maximum Gasteiger partial charge on any atom is 0.514 e. The van der Waals surface area contributed by atoms with Gasteiger partial charge in [0.2, 0.25) is 0 Å². The summed E-state index contributed by atoms with van der Waals surface area (Å²) in [6, 6.07) is 3.26. The molecule has 12 nitrogen and oxygen atoms in total. The molecule has 1 aromatic carbocycles. The molecule has 0 spiro atoms. The second-order valence-electron chi connectivity index (χ2n) is 10.8. The Labute approximate surface area is 242 Å². The maximum atomic E-state index is 12.5. The molecule has 1 aromatic rings. The van der Waals surface area contributed by atoms with Crippen LogP contribution >= 0.6 is 0 Å². The molecule has 41 heavy (non-hydrogen) atoms. The molecule has 12 heteroatoms. The Bertz CT molecular complexity index is 1000. The van der Waals surface area contributed by atoms with Crippen LogP contribution in [0.5, 0.6) is 11.5 Å². The lowest BCUT2D eigenvalue weighted by Crippen LogP contribution is -2.37. The number of ether oxygens (including phenoxy) is 7. The molecule has 0 amide bonds. The van der Waals surface area contributed by atoms with Crippen molar-refractivity contribution in [3.8, 4) is 11.5 Å². The van der Waals surface area contributed by atoms with E-state index in [0.717, 1.165) is 12.8 Å². The van der Waals surface area contributed by atoms with Crippen LogP contribution in [-0.2, 0) is 34.9 Å². The molecule has 0 saturated carbocycles. The Hall–Kier alpha value is -3.54. The fourth-order valence-electron chi connectivity index (χ4n) is 3.45. The van der Waals surface area contributed by atoms with Gasteiger partial charge in [0.25, 0.3) is 0 Å². The highest BCUT2D eigenvalue weighted by Gasteiger charge is 2.24. The molecule has 0 bridgehead atoms. The molecular weight excluding hydrogens is 538 g/mol. The molecule has 2 N–H and O–H groups in total. The van der Waals surface area contributed by atoms with E-state index in [1.807, 2.05) is 13.8 Å². The highest BCUT2D eigenvalue weighted by molar-refractivity contribution is 5.76. The minimum atomic E-state index is -1.10. The lowest BCUT2D eigenvalue weighted by atomic mass is 10.1. The largest absolute Gasteiger partial charge is 0.514 e. The van der Waals surface area contributed by atoms with E-state index >= 15 is 0 Å². The molecule has 0 heterocycles. The van der Waals surface area contributed by atoms with E-state index in [2.05, 4.69) is 0 Å². The SMILES string of the molecule is CCCC(C)OC(=O)Oc1ccc(C[C@H](N)C(=O)O[C@@H](C)COC(=O)OC(C)(C)C)cc1OC(=O)OC(C)CCC. The van der Waals surface area contributed by atoms with Crippen LogP contribution in [0.4, 0.5) is 14.4 Å². The Balaban J connectivity index is 2.91. The first-order valence-corrected chi connectivity index (χ1v) is 13.8. The summed E-state index contributed by atoms with van der Waals surface area (Å²) in [5.41, 5.74) is 5.81. The van der Waals surface area contributed by atoms with Gasteiger partial charge in [-0.15, -0.1) is 0 Å². The zero-order valence-electron chi connectivity index (χ0n) is 25.4. The van der Waals surface area contributed by atoms with Crippen molar-refractivity contribution in [3.63, 3.8) is 0 Å². The Morgan fingerprint density at radius 2 is 1.32 bits per heavy atom. The van der Waals surface area contributed by atoms with Crippen molar-refractivity contribution < 1.29 is 52.3 Å². The van der Waals surface area contributed by atoms with Crippen LogP contribution < -0.4 is 15.2 Å². The van der Waals surface area contributed by atoms with E-state index in [4.69, 9.17) is 38.9 Å². The molecule has 232 valence electrons. The molecule has 0 saturated heterocycles. The van der Waals surface area contributed by atoms with Crippen molar-refractivity contribution in [1.82, 2.24) is 0 Å². The highest BCUT2D eigenvalue weighted by Crippen LogP contribution is 2.30. The molecule has 0 aliphatic rings. The lowest BCUT2D eigenvalue weighted by Gasteiger charge is -2.21. The van der Waals surface area contributed by atoms with Crippen molar-refractivity contribution in [2.45, 2.75) is 117 Å². The average Bonchev–Trinajstić information content (AvgIpc) is 2.83. The molecular formula is C29H45NO11. The normalized spacial score (nSPS) is 14.1. The Morgan fingerprint density at radius 1 is 0.780 bits per heavy atom. The van der Waals surface area contributed by atoms with Gasteiger partial charge in [0.15, 0.2) is 11.5 Å². The van der Waals surface area contributed by atoms with Gasteiger partial charge in [-0.1, -0.05) is 32.8 Å². The van der Waals surface area contributed by atoms with Gasteiger partial charge in [-0.3, -0.25) is 4.79 Å². The molecule has 0 fully saturated rings. The molecule has 0 aromatic heterocycles. The van der Waals surface area contributed by atoms with E-state index in [-0.39, 0.29) is 36.7 Å². The topological polar surface area (TPSA) is 159 Å². The second kappa shape index (κ2) is 17.3. The number of hydrogen-bond donors (Lipinski definition) is 1. The van der Waals surface area contributed by atoms with Gasteiger partial charge in [-0.2, -0.15) is 0 Å². The summed E-state index contributed by atoms with van der Waals surface area (Å²) in [5.74, 6) is -0.933. The number of hydrogen-bond acceptors (Lipinski definition) is 12. The van der Waals surface area contributed by atoms with Gasteiger partial charge < -0.3 is 38.9 Å². The van der Waals surface area contributed by atoms with E-state index in [1.54, 1.807) is 47.6 Å². The van der Waals surface area contributed by atoms with Crippen LogP contribution in [0.2, 0.25) is 0 Å². The van der Waals surface area contributed by atoms with Crippen LogP contribution in [0.15, 0.2) is 18.2 Å². The predicted octanol–water partition coefficient (Wildman–Crippen LogP) is 5.85. The maximum absolute atomic E-state index is 12.5. The summed E-state index contributed by atoms with van der Waals surface area (Å²) < 4.78 is 36.4. The number of esters is 1. The minimum absolute atomic E-state index is 0.00557. The molecule has 4 atom stereocenters. The van der Waals surface area contributed by atoms with Crippen LogP contribution in [0.1, 0.15) is 86.6 Å². The molecule has 0 aliphatic heterocycles. The fourth-order valence-corrected chi connectivity index (χ4v) is 3.45. The van der Waals surface area contributed by atoms with Crippen molar-refractivity contribution in [2.24, 2.45) is 5.73 Å². The fraction of sp³-hybridized carbons (Fsp3) is 0.655. The first kappa shape index (κ1) is 35.5. The van der Waals surface area contributed by atoms with Crippen molar-refractivity contribution >= 4 is 24.4 Å². The summed E-state index contributed by atoms with van der Waals surface area (Å²) in [5, 5.41) is 0. The van der Waals surface area contributed by atoms with Gasteiger partial charge >= 0.3 is 24.4 Å². The van der Waals surface area contributed by atoms with Gasteiger partial charge in [0.05, 0.1) is 0 Å². The minimum Gasteiger partial charge on any atom is -0.458 e. The Kier molecular flexibility index (Phi) is 15.0. The summed E-state index contributed by atoms with van der Waals surface area (Å²) in [7, 11) is 0. The number of nitrogens with two attached hydrogens (primary N) is 1. The highest BCUT2D eigenvalue weighted by atomic mass is 16.8. The quantitative estimate of drug-likeness (QED) is 0.158. The van der Waals surface area contributed by atoms with Crippen LogP contribution in [0.3, 0.4) is 0 Å². The number of carbonyl (C=O) groups excluding carboxylic acids is 4. The average molecular weight is 584 g/mol. The summed E-state index contributed by atoms with van der Waals surface area (Å²) in [4.78, 5) is 48.9. The van der Waals surface area contributed by atoms with E-state index in [9.17, 15) is 19.2 Å². The van der Waals surface area contributed by atoms with E-state index in [0.29, 0.717) is 18.4 Å². The summed E-state index contributed by atoms with van der Waals surface area (Å²) in [6.45, 7) is 13.8. The monoisotopic (exact) mass is 583 g/mol. The van der Waals surface area contributed by atoms with Gasteiger partial charge in [0, 0.05) is 0 Å². The lowest BCUT2D eigenvalue weighted by molar-refractivity contribution is -0.152. The van der Waals surface area contributed by atoms with Crippen LogP contribution in [-0.4, -0.2) is 61.0 Å². The smallest absolute Gasteiger partial charge is 0.458 e. The van der Waals surface area contributed by atoms with Crippen LogP contribution in [0.25, 0.3) is 0 Å². The molecule has 1 rings (SSSR count). The third-order valence-corrected chi connectivity index (χ3v) is 5.28. The third kappa shape index (κ3) is 15.1. The standard InChI is InChI=1S/C29H45NO11/c1-9-11-18(3)37-27(33)39-23-14-13-21(16-24(23)40-28(34)38-19(4)12-10-2)15-22(30)25(31)36-20(5)17-35-26(32)41-29(6,7)8/h13-14,16,18-20,22H,9-12,15,17,30H2,1-8H3/t18?,19?,20-,22-/m0/s1. The van der Waals surface area contributed by atoms with Crippen molar-refractivity contribution in [3.05, 3.63) is 23.8 Å². The second-order valence-corrected chi connectivity index (χ2v) is 10.8. The Morgan fingerprint density at radius 3 is 1.83 bits per heavy atom. The zero-order chi connectivity index (χ0) is 31.2. The first-order chi connectivity index (χ1) is 19.1. The molecule has 0 radical (unpaired) electrons. The van der Waals surface area contributed by atoms with E-state index < -0.39 is 42.2 Å². The van der Waals surface area contributed by atoms with Gasteiger partial charge in [0.1, 0.15) is 36.6 Å². The summed E-state index contributed by atoms with van der Waals surface area (Å²) >= 11 is 0.